The van der Waals surface area contributed by atoms with Crippen LogP contribution in [0, 0.1) is 11.8 Å². The average Bonchev–Trinajstić information content (AvgIpc) is 2.75. The van der Waals surface area contributed by atoms with E-state index in [1.54, 1.807) is 0 Å². The normalized spacial score (nSPS) is 25.3. The first-order valence-electron chi connectivity index (χ1n) is 7.18. The molecule has 1 aromatic rings. The maximum absolute atomic E-state index is 3.71. The molecular weight excluding hydrogens is 286 g/mol. The Labute approximate surface area is 119 Å². The van der Waals surface area contributed by atoms with Crippen LogP contribution in [0.2, 0.25) is 0 Å². The van der Waals surface area contributed by atoms with Crippen LogP contribution in [0.3, 0.4) is 0 Å². The molecule has 0 bridgehead atoms. The first-order chi connectivity index (χ1) is 8.70. The maximum Gasteiger partial charge on any atom is 0.0178 e. The summed E-state index contributed by atoms with van der Waals surface area (Å²) in [6.45, 7) is 5.71. The zero-order valence-corrected chi connectivity index (χ0v) is 13.0. The Morgan fingerprint density at radius 3 is 2.83 bits per heavy atom. The summed E-state index contributed by atoms with van der Waals surface area (Å²) in [6, 6.07) is 9.38. The molecule has 3 unspecified atom stereocenters. The van der Waals surface area contributed by atoms with Crippen LogP contribution in [0.5, 0.6) is 0 Å². The molecule has 0 heterocycles. The maximum atomic E-state index is 3.71. The molecule has 1 aliphatic rings. The van der Waals surface area contributed by atoms with Gasteiger partial charge in [0, 0.05) is 10.5 Å². The van der Waals surface area contributed by atoms with Gasteiger partial charge in [-0.1, -0.05) is 54.8 Å². The highest BCUT2D eigenvalue weighted by Gasteiger charge is 2.30. The van der Waals surface area contributed by atoms with Gasteiger partial charge in [0.15, 0.2) is 0 Å². The van der Waals surface area contributed by atoms with Crippen molar-refractivity contribution in [2.45, 2.75) is 45.6 Å². The Morgan fingerprint density at radius 1 is 1.39 bits per heavy atom. The minimum atomic E-state index is 0.641. The van der Waals surface area contributed by atoms with Crippen molar-refractivity contribution in [2.24, 2.45) is 11.8 Å². The molecule has 3 atom stereocenters. The highest BCUT2D eigenvalue weighted by molar-refractivity contribution is 9.10. The third-order valence-electron chi connectivity index (χ3n) is 4.26. The van der Waals surface area contributed by atoms with Gasteiger partial charge in [-0.25, -0.2) is 0 Å². The predicted octanol–water partition coefficient (Wildman–Crippen LogP) is 4.41. The van der Waals surface area contributed by atoms with E-state index < -0.39 is 0 Å². The van der Waals surface area contributed by atoms with Crippen LogP contribution in [0.4, 0.5) is 0 Å². The second-order valence-electron chi connectivity index (χ2n) is 5.57. The second kappa shape index (κ2) is 6.72. The van der Waals surface area contributed by atoms with Crippen LogP contribution in [0.25, 0.3) is 0 Å². The van der Waals surface area contributed by atoms with E-state index >= 15 is 0 Å². The Hall–Kier alpha value is -0.340. The highest BCUT2D eigenvalue weighted by atomic mass is 79.9. The molecule has 0 radical (unpaired) electrons. The summed E-state index contributed by atoms with van der Waals surface area (Å²) in [6.07, 6.45) is 5.37. The molecule has 18 heavy (non-hydrogen) atoms. The standard InChI is InChI=1S/C16H24BrN/c1-3-18-16(15-9-4-6-12(15)2)11-13-7-5-8-14(17)10-13/h5,7-8,10,12,15-16,18H,3-4,6,9,11H2,1-2H3. The van der Waals surface area contributed by atoms with Crippen LogP contribution in [-0.2, 0) is 6.42 Å². The average molecular weight is 310 g/mol. The lowest BCUT2D eigenvalue weighted by molar-refractivity contribution is 0.298. The quantitative estimate of drug-likeness (QED) is 0.849. The van der Waals surface area contributed by atoms with Gasteiger partial charge in [0.2, 0.25) is 0 Å². The summed E-state index contributed by atoms with van der Waals surface area (Å²) in [5.41, 5.74) is 1.44. The molecule has 1 nitrogen and oxygen atoms in total. The van der Waals surface area contributed by atoms with E-state index in [-0.39, 0.29) is 0 Å². The van der Waals surface area contributed by atoms with E-state index in [2.05, 4.69) is 59.4 Å². The number of benzene rings is 1. The van der Waals surface area contributed by atoms with E-state index in [9.17, 15) is 0 Å². The SMILES string of the molecule is CCNC(Cc1cccc(Br)c1)C1CCCC1C. The third-order valence-corrected chi connectivity index (χ3v) is 4.75. The molecule has 0 aliphatic heterocycles. The molecule has 0 aromatic heterocycles. The van der Waals surface area contributed by atoms with Crippen LogP contribution >= 0.6 is 15.9 Å². The lowest BCUT2D eigenvalue weighted by atomic mass is 9.86. The number of nitrogens with one attached hydrogen (secondary N) is 1. The second-order valence-corrected chi connectivity index (χ2v) is 6.49. The topological polar surface area (TPSA) is 12.0 Å². The van der Waals surface area contributed by atoms with Gasteiger partial charge in [0.05, 0.1) is 0 Å². The Bertz CT molecular complexity index is 377. The van der Waals surface area contributed by atoms with Crippen LogP contribution < -0.4 is 5.32 Å². The molecule has 2 rings (SSSR count). The molecule has 1 N–H and O–H groups in total. The van der Waals surface area contributed by atoms with Crippen molar-refractivity contribution in [1.82, 2.24) is 5.32 Å². The number of likely N-dealkylation sites (N-methyl/N-ethyl adjacent to an activating group) is 1. The third kappa shape index (κ3) is 3.58. The van der Waals surface area contributed by atoms with E-state index in [1.807, 2.05) is 0 Å². The van der Waals surface area contributed by atoms with Crippen molar-refractivity contribution in [3.8, 4) is 0 Å². The molecule has 2 heteroatoms. The summed E-state index contributed by atoms with van der Waals surface area (Å²) in [7, 11) is 0. The van der Waals surface area contributed by atoms with Gasteiger partial charge in [-0.05, 0) is 48.9 Å². The summed E-state index contributed by atoms with van der Waals surface area (Å²) in [5.74, 6) is 1.73. The van der Waals surface area contributed by atoms with Crippen molar-refractivity contribution < 1.29 is 0 Å². The van der Waals surface area contributed by atoms with E-state index in [0.29, 0.717) is 6.04 Å². The smallest absolute Gasteiger partial charge is 0.0178 e. The fourth-order valence-corrected chi connectivity index (χ4v) is 3.77. The minimum Gasteiger partial charge on any atom is -0.314 e. The van der Waals surface area contributed by atoms with E-state index in [4.69, 9.17) is 0 Å². The fraction of sp³-hybridized carbons (Fsp3) is 0.625. The summed E-state index contributed by atoms with van der Waals surface area (Å²) in [5, 5.41) is 3.71. The van der Waals surface area contributed by atoms with Gasteiger partial charge in [-0.2, -0.15) is 0 Å². The first-order valence-corrected chi connectivity index (χ1v) is 7.97. The molecule has 100 valence electrons. The van der Waals surface area contributed by atoms with E-state index in [1.165, 1.54) is 29.3 Å². The van der Waals surface area contributed by atoms with Crippen molar-refractivity contribution in [2.75, 3.05) is 6.54 Å². The molecule has 0 amide bonds. The van der Waals surface area contributed by atoms with Crippen LogP contribution in [-0.4, -0.2) is 12.6 Å². The predicted molar refractivity (Wildman–Crippen MR) is 81.8 cm³/mol. The Kier molecular flexibility index (Phi) is 5.25. The zero-order chi connectivity index (χ0) is 13.0. The summed E-state index contributed by atoms with van der Waals surface area (Å²) < 4.78 is 1.19. The largest absolute Gasteiger partial charge is 0.314 e. The molecule has 1 saturated carbocycles. The van der Waals surface area contributed by atoms with Crippen LogP contribution in [0.15, 0.2) is 28.7 Å². The molecule has 1 aliphatic carbocycles. The summed E-state index contributed by atoms with van der Waals surface area (Å²) in [4.78, 5) is 0. The van der Waals surface area contributed by atoms with Crippen molar-refractivity contribution in [3.63, 3.8) is 0 Å². The van der Waals surface area contributed by atoms with Crippen molar-refractivity contribution >= 4 is 15.9 Å². The number of hydrogen-bond donors (Lipinski definition) is 1. The highest BCUT2D eigenvalue weighted by Crippen LogP contribution is 2.34. The van der Waals surface area contributed by atoms with Gasteiger partial charge in [-0.3, -0.25) is 0 Å². The number of hydrogen-bond acceptors (Lipinski definition) is 1. The number of rotatable bonds is 5. The Morgan fingerprint density at radius 2 is 2.22 bits per heavy atom. The van der Waals surface area contributed by atoms with Crippen molar-refractivity contribution in [1.29, 1.82) is 0 Å². The number of halogens is 1. The molecular formula is C16H24BrN. The van der Waals surface area contributed by atoms with Crippen molar-refractivity contribution in [3.05, 3.63) is 34.3 Å². The summed E-state index contributed by atoms with van der Waals surface area (Å²) >= 11 is 3.57. The monoisotopic (exact) mass is 309 g/mol. The van der Waals surface area contributed by atoms with Gasteiger partial charge in [-0.15, -0.1) is 0 Å². The van der Waals surface area contributed by atoms with Crippen LogP contribution in [0.1, 0.15) is 38.7 Å². The minimum absolute atomic E-state index is 0.641. The molecule has 1 aromatic carbocycles. The molecule has 1 fully saturated rings. The van der Waals surface area contributed by atoms with Gasteiger partial charge in [0.1, 0.15) is 0 Å². The van der Waals surface area contributed by atoms with E-state index in [0.717, 1.165) is 24.8 Å². The molecule has 0 saturated heterocycles. The Balaban J connectivity index is 2.06. The zero-order valence-electron chi connectivity index (χ0n) is 11.5. The lowest BCUT2D eigenvalue weighted by Gasteiger charge is -2.28. The first kappa shape index (κ1) is 14.1. The fourth-order valence-electron chi connectivity index (χ4n) is 3.33. The van der Waals surface area contributed by atoms with Gasteiger partial charge < -0.3 is 5.32 Å². The van der Waals surface area contributed by atoms with Gasteiger partial charge >= 0.3 is 0 Å². The lowest BCUT2D eigenvalue weighted by Crippen LogP contribution is -2.39. The van der Waals surface area contributed by atoms with Gasteiger partial charge in [0.25, 0.3) is 0 Å². The molecule has 0 spiro atoms.